The molecule has 18 heavy (non-hydrogen) atoms. The van der Waals surface area contributed by atoms with Gasteiger partial charge in [0, 0.05) is 23.2 Å². The van der Waals surface area contributed by atoms with Gasteiger partial charge < -0.3 is 14.6 Å². The second-order valence-electron chi connectivity index (χ2n) is 3.59. The van der Waals surface area contributed by atoms with Gasteiger partial charge in [0.05, 0.1) is 18.1 Å². The zero-order valence-electron chi connectivity index (χ0n) is 9.05. The van der Waals surface area contributed by atoms with Crippen molar-refractivity contribution in [3.63, 3.8) is 0 Å². The summed E-state index contributed by atoms with van der Waals surface area (Å²) in [5.74, 6) is -1.20. The normalized spacial score (nSPS) is 14.9. The summed E-state index contributed by atoms with van der Waals surface area (Å²) in [5, 5.41) is 9.05. The summed E-state index contributed by atoms with van der Waals surface area (Å²) in [4.78, 5) is 10.8. The molecule has 1 aromatic rings. The number of carboxylic acids is 1. The summed E-state index contributed by atoms with van der Waals surface area (Å²) < 4.78 is 33.0. The van der Waals surface area contributed by atoms with Crippen LogP contribution in [0.1, 0.15) is 16.8 Å². The highest BCUT2D eigenvalue weighted by Crippen LogP contribution is 2.36. The van der Waals surface area contributed by atoms with Crippen LogP contribution in [0.2, 0.25) is 0 Å². The van der Waals surface area contributed by atoms with Gasteiger partial charge in [-0.25, -0.2) is 13.2 Å². The number of ether oxygens (including phenoxy) is 2. The van der Waals surface area contributed by atoms with Gasteiger partial charge in [0.25, 0.3) is 9.05 Å². The van der Waals surface area contributed by atoms with Crippen molar-refractivity contribution in [1.29, 1.82) is 0 Å². The van der Waals surface area contributed by atoms with E-state index in [1.54, 1.807) is 0 Å². The van der Waals surface area contributed by atoms with Crippen molar-refractivity contribution in [3.05, 3.63) is 17.7 Å². The van der Waals surface area contributed by atoms with Crippen LogP contribution in [0.25, 0.3) is 0 Å². The summed E-state index contributed by atoms with van der Waals surface area (Å²) in [5.41, 5.74) is -0.284. The Bertz CT molecular complexity index is 595. The molecular formula is C10H9ClO6S. The van der Waals surface area contributed by atoms with E-state index in [0.717, 1.165) is 12.1 Å². The number of benzene rings is 1. The van der Waals surface area contributed by atoms with Gasteiger partial charge in [-0.3, -0.25) is 0 Å². The van der Waals surface area contributed by atoms with E-state index in [2.05, 4.69) is 0 Å². The highest BCUT2D eigenvalue weighted by Gasteiger charge is 2.24. The van der Waals surface area contributed by atoms with Crippen LogP contribution in [-0.2, 0) is 9.05 Å². The molecule has 1 aromatic carbocycles. The maximum absolute atomic E-state index is 11.3. The Morgan fingerprint density at radius 1 is 1.28 bits per heavy atom. The van der Waals surface area contributed by atoms with Gasteiger partial charge in [0.15, 0.2) is 11.5 Å². The number of fused-ring (bicyclic) bond motifs is 1. The highest BCUT2D eigenvalue weighted by molar-refractivity contribution is 8.13. The lowest BCUT2D eigenvalue weighted by Crippen LogP contribution is -2.05. The second kappa shape index (κ2) is 4.66. The molecule has 0 aliphatic carbocycles. The van der Waals surface area contributed by atoms with Crippen molar-refractivity contribution in [2.45, 2.75) is 11.3 Å². The van der Waals surface area contributed by atoms with E-state index >= 15 is 0 Å². The number of halogens is 1. The molecule has 1 N–H and O–H groups in total. The quantitative estimate of drug-likeness (QED) is 0.830. The molecule has 0 unspecified atom stereocenters. The minimum atomic E-state index is -4.03. The third kappa shape index (κ3) is 2.51. The molecule has 2 rings (SSSR count). The maximum atomic E-state index is 11.3. The highest BCUT2D eigenvalue weighted by atomic mass is 35.7. The Balaban J connectivity index is 2.67. The topological polar surface area (TPSA) is 89.9 Å². The number of rotatable bonds is 2. The maximum Gasteiger partial charge on any atom is 0.339 e. The summed E-state index contributed by atoms with van der Waals surface area (Å²) in [6.07, 6.45) is 0.580. The van der Waals surface area contributed by atoms with Crippen molar-refractivity contribution in [1.82, 2.24) is 0 Å². The molecule has 6 nitrogen and oxygen atoms in total. The lowest BCUT2D eigenvalue weighted by atomic mass is 10.2. The average Bonchev–Trinajstić information content (AvgIpc) is 2.50. The molecule has 8 heteroatoms. The van der Waals surface area contributed by atoms with Crippen LogP contribution in [0, 0.1) is 0 Å². The molecule has 0 saturated carbocycles. The predicted molar refractivity (Wildman–Crippen MR) is 62.0 cm³/mol. The van der Waals surface area contributed by atoms with Gasteiger partial charge in [-0.05, 0) is 6.07 Å². The van der Waals surface area contributed by atoms with Gasteiger partial charge in [-0.15, -0.1) is 0 Å². The van der Waals surface area contributed by atoms with Crippen LogP contribution in [0.4, 0.5) is 0 Å². The third-order valence-electron chi connectivity index (χ3n) is 2.33. The first-order valence-electron chi connectivity index (χ1n) is 5.01. The fourth-order valence-corrected chi connectivity index (χ4v) is 2.32. The van der Waals surface area contributed by atoms with Crippen LogP contribution in [0.15, 0.2) is 17.0 Å². The lowest BCUT2D eigenvalue weighted by molar-refractivity contribution is 0.0692. The molecule has 0 spiro atoms. The molecule has 0 bridgehead atoms. The number of aromatic carboxylic acids is 1. The fourth-order valence-electron chi connectivity index (χ4n) is 1.55. The number of hydrogen-bond acceptors (Lipinski definition) is 5. The van der Waals surface area contributed by atoms with Crippen molar-refractivity contribution in [2.75, 3.05) is 13.2 Å². The van der Waals surface area contributed by atoms with Crippen LogP contribution in [0.5, 0.6) is 11.5 Å². The van der Waals surface area contributed by atoms with Crippen molar-refractivity contribution < 1.29 is 27.8 Å². The van der Waals surface area contributed by atoms with E-state index in [0.29, 0.717) is 19.6 Å². The van der Waals surface area contributed by atoms with Crippen molar-refractivity contribution in [3.8, 4) is 11.5 Å². The molecule has 0 aromatic heterocycles. The van der Waals surface area contributed by atoms with Crippen molar-refractivity contribution >= 4 is 25.7 Å². The number of hydrogen-bond donors (Lipinski definition) is 1. The van der Waals surface area contributed by atoms with Crippen LogP contribution in [0.3, 0.4) is 0 Å². The molecule has 0 atom stereocenters. The second-order valence-corrected chi connectivity index (χ2v) is 6.16. The molecule has 1 aliphatic heterocycles. The third-order valence-corrected chi connectivity index (χ3v) is 3.67. The van der Waals surface area contributed by atoms with E-state index in [1.807, 2.05) is 0 Å². The van der Waals surface area contributed by atoms with E-state index in [-0.39, 0.29) is 22.0 Å². The van der Waals surface area contributed by atoms with Gasteiger partial charge in [-0.2, -0.15) is 0 Å². The minimum Gasteiger partial charge on any atom is -0.489 e. The van der Waals surface area contributed by atoms with Crippen LogP contribution in [-0.4, -0.2) is 32.7 Å². The molecule has 0 fully saturated rings. The summed E-state index contributed by atoms with van der Waals surface area (Å²) >= 11 is 0. The molecular weight excluding hydrogens is 284 g/mol. The van der Waals surface area contributed by atoms with E-state index in [1.165, 1.54) is 0 Å². The summed E-state index contributed by atoms with van der Waals surface area (Å²) in [7, 11) is 1.17. The summed E-state index contributed by atoms with van der Waals surface area (Å²) in [6.45, 7) is 0.623. The SMILES string of the molecule is O=C(O)c1cc(S(=O)(=O)Cl)cc2c1OCCCO2. The molecule has 0 radical (unpaired) electrons. The first-order valence-corrected chi connectivity index (χ1v) is 7.32. The lowest BCUT2D eigenvalue weighted by Gasteiger charge is -2.11. The molecule has 98 valence electrons. The van der Waals surface area contributed by atoms with Crippen LogP contribution < -0.4 is 9.47 Å². The molecule has 0 saturated heterocycles. The van der Waals surface area contributed by atoms with Gasteiger partial charge in [0.1, 0.15) is 5.56 Å². The zero-order valence-corrected chi connectivity index (χ0v) is 10.6. The fraction of sp³-hybridized carbons (Fsp3) is 0.300. The zero-order chi connectivity index (χ0) is 13.3. The molecule has 1 aliphatic rings. The van der Waals surface area contributed by atoms with E-state index < -0.39 is 15.0 Å². The smallest absolute Gasteiger partial charge is 0.339 e. The van der Waals surface area contributed by atoms with E-state index in [9.17, 15) is 13.2 Å². The Labute approximate surface area is 108 Å². The van der Waals surface area contributed by atoms with Gasteiger partial charge in [-0.1, -0.05) is 0 Å². The Morgan fingerprint density at radius 3 is 2.56 bits per heavy atom. The Hall–Kier alpha value is -1.47. The van der Waals surface area contributed by atoms with E-state index in [4.69, 9.17) is 25.3 Å². The Morgan fingerprint density at radius 2 is 1.94 bits per heavy atom. The first-order chi connectivity index (χ1) is 8.39. The number of carbonyl (C=O) groups is 1. The predicted octanol–water partition coefficient (Wildman–Crippen LogP) is 1.47. The monoisotopic (exact) mass is 292 g/mol. The largest absolute Gasteiger partial charge is 0.489 e. The number of carboxylic acid groups (broad SMARTS) is 1. The Kier molecular flexibility index (Phi) is 3.36. The standard InChI is InChI=1S/C10H9ClO6S/c11-18(14,15)6-4-7(10(12)13)9-8(5-6)16-2-1-3-17-9/h4-5H,1-3H2,(H,12,13). The molecule has 1 heterocycles. The molecule has 0 amide bonds. The van der Waals surface area contributed by atoms with Crippen molar-refractivity contribution in [2.24, 2.45) is 0 Å². The first kappa shape index (κ1) is 13.0. The van der Waals surface area contributed by atoms with Gasteiger partial charge >= 0.3 is 5.97 Å². The average molecular weight is 293 g/mol. The van der Waals surface area contributed by atoms with Gasteiger partial charge in [0.2, 0.25) is 0 Å². The minimum absolute atomic E-state index is 0.0315. The summed E-state index contributed by atoms with van der Waals surface area (Å²) in [6, 6.07) is 2.12. The van der Waals surface area contributed by atoms with Crippen LogP contribution >= 0.6 is 10.7 Å².